The number of carbonyl (C=O) groups excluding carboxylic acids is 1. The molecule has 0 aliphatic heterocycles. The van der Waals surface area contributed by atoms with E-state index in [9.17, 15) is 9.00 Å². The molecule has 4 heteroatoms. The summed E-state index contributed by atoms with van der Waals surface area (Å²) < 4.78 is 15.6. The van der Waals surface area contributed by atoms with Gasteiger partial charge in [0.05, 0.1) is 15.7 Å². The van der Waals surface area contributed by atoms with Crippen LogP contribution in [0.15, 0.2) is 30.3 Å². The van der Waals surface area contributed by atoms with E-state index < -0.39 is 11.0 Å². The summed E-state index contributed by atoms with van der Waals surface area (Å²) in [6.07, 6.45) is 4.48. The highest BCUT2D eigenvalue weighted by Crippen LogP contribution is 2.32. The Labute approximate surface area is 149 Å². The van der Waals surface area contributed by atoms with Crippen LogP contribution >= 0.6 is 0 Å². The van der Waals surface area contributed by atoms with Gasteiger partial charge in [-0.3, -0.25) is 4.79 Å². The number of Topliss-reactive ketones (excluding diaryl/α,β-unsaturated/α-hetero) is 1. The van der Waals surface area contributed by atoms with Gasteiger partial charge >= 0.3 is 0 Å². The molecule has 0 aromatic heterocycles. The van der Waals surface area contributed by atoms with Crippen LogP contribution in [0.1, 0.15) is 58.9 Å². The zero-order valence-corrected chi connectivity index (χ0v) is 16.2. The second-order valence-electron chi connectivity index (χ2n) is 7.99. The first-order valence-electron chi connectivity index (χ1n) is 9.03. The highest BCUT2D eigenvalue weighted by molar-refractivity contribution is 7.84. The molecule has 0 spiro atoms. The molecule has 24 heavy (non-hydrogen) atoms. The first-order chi connectivity index (χ1) is 11.3. The van der Waals surface area contributed by atoms with Crippen LogP contribution in [-0.2, 0) is 22.2 Å². The third-order valence-corrected chi connectivity index (χ3v) is 6.53. The Balaban J connectivity index is 2.14. The Morgan fingerprint density at radius 3 is 2.50 bits per heavy atom. The summed E-state index contributed by atoms with van der Waals surface area (Å²) in [6, 6.07) is 10.3. The molecule has 0 saturated heterocycles. The molecule has 1 aromatic rings. The predicted octanol–water partition coefficient (Wildman–Crippen LogP) is 4.04. The molecule has 4 atom stereocenters. The van der Waals surface area contributed by atoms with E-state index in [1.165, 1.54) is 5.56 Å². The summed E-state index contributed by atoms with van der Waals surface area (Å²) in [4.78, 5) is 12.5. The van der Waals surface area contributed by atoms with Gasteiger partial charge < -0.3 is 0 Å². The Hall–Kier alpha value is -1.00. The molecule has 1 fully saturated rings. The number of benzene rings is 1. The quantitative estimate of drug-likeness (QED) is 0.842. The van der Waals surface area contributed by atoms with E-state index in [1.54, 1.807) is 0 Å². The summed E-state index contributed by atoms with van der Waals surface area (Å²) in [5.74, 6) is 0.676. The largest absolute Gasteiger partial charge is 0.299 e. The number of rotatable bonds is 6. The standard InChI is InChI=1S/C20H31NO2S/c1-15-9-8-12-18(22)19(15)17(21-24(23)20(2,3)4)14-13-16-10-6-5-7-11-16/h5-7,10-11,15,17,19,21H,8-9,12-14H2,1-4H3/t15-,17-,19-,24-/m0/s1. The van der Waals surface area contributed by atoms with Crippen LogP contribution in [0.4, 0.5) is 0 Å². The molecule has 3 nitrogen and oxygen atoms in total. The predicted molar refractivity (Wildman–Crippen MR) is 101 cm³/mol. The summed E-state index contributed by atoms with van der Waals surface area (Å²) in [5.41, 5.74) is 1.27. The van der Waals surface area contributed by atoms with Crippen molar-refractivity contribution in [3.63, 3.8) is 0 Å². The fraction of sp³-hybridized carbons (Fsp3) is 0.650. The van der Waals surface area contributed by atoms with E-state index in [1.807, 2.05) is 39.0 Å². The van der Waals surface area contributed by atoms with Gasteiger partial charge in [-0.1, -0.05) is 37.3 Å². The second kappa shape index (κ2) is 8.39. The number of nitrogens with one attached hydrogen (secondary N) is 1. The van der Waals surface area contributed by atoms with Gasteiger partial charge in [-0.25, -0.2) is 8.93 Å². The van der Waals surface area contributed by atoms with Gasteiger partial charge in [-0.2, -0.15) is 0 Å². The summed E-state index contributed by atoms with van der Waals surface area (Å²) in [6.45, 7) is 8.07. The van der Waals surface area contributed by atoms with Crippen molar-refractivity contribution in [3.05, 3.63) is 35.9 Å². The Morgan fingerprint density at radius 2 is 1.92 bits per heavy atom. The van der Waals surface area contributed by atoms with Gasteiger partial charge in [0.25, 0.3) is 0 Å². The van der Waals surface area contributed by atoms with E-state index in [-0.39, 0.29) is 16.7 Å². The molecule has 1 aliphatic carbocycles. The van der Waals surface area contributed by atoms with E-state index in [0.29, 0.717) is 18.1 Å². The van der Waals surface area contributed by atoms with Gasteiger partial charge in [-0.15, -0.1) is 0 Å². The van der Waals surface area contributed by atoms with Crippen LogP contribution in [0.5, 0.6) is 0 Å². The lowest BCUT2D eigenvalue weighted by Gasteiger charge is -2.35. The van der Waals surface area contributed by atoms with Crippen molar-refractivity contribution >= 4 is 16.8 Å². The van der Waals surface area contributed by atoms with Crippen molar-refractivity contribution in [1.29, 1.82) is 0 Å². The highest BCUT2D eigenvalue weighted by Gasteiger charge is 2.37. The second-order valence-corrected chi connectivity index (χ2v) is 9.99. The van der Waals surface area contributed by atoms with E-state index in [0.717, 1.165) is 25.7 Å². The molecular formula is C20H31NO2S. The average molecular weight is 350 g/mol. The molecule has 1 aliphatic rings. The number of carbonyl (C=O) groups is 1. The molecule has 0 heterocycles. The molecule has 1 N–H and O–H groups in total. The topological polar surface area (TPSA) is 46.2 Å². The fourth-order valence-corrected chi connectivity index (χ4v) is 4.37. The maximum absolute atomic E-state index is 12.6. The van der Waals surface area contributed by atoms with Crippen LogP contribution in [-0.4, -0.2) is 20.8 Å². The first kappa shape index (κ1) is 19.3. The van der Waals surface area contributed by atoms with Gasteiger partial charge in [0.1, 0.15) is 5.78 Å². The van der Waals surface area contributed by atoms with Crippen molar-refractivity contribution in [2.45, 2.75) is 70.6 Å². The molecule has 0 bridgehead atoms. The Bertz CT molecular complexity index is 565. The van der Waals surface area contributed by atoms with Crippen LogP contribution in [0.25, 0.3) is 0 Å². The maximum atomic E-state index is 12.6. The minimum Gasteiger partial charge on any atom is -0.299 e. The highest BCUT2D eigenvalue weighted by atomic mass is 32.2. The Morgan fingerprint density at radius 1 is 1.25 bits per heavy atom. The van der Waals surface area contributed by atoms with Gasteiger partial charge in [0.15, 0.2) is 0 Å². The molecule has 0 amide bonds. The molecule has 1 aromatic carbocycles. The number of hydrogen-bond acceptors (Lipinski definition) is 2. The first-order valence-corrected chi connectivity index (χ1v) is 10.2. The summed E-state index contributed by atoms with van der Waals surface area (Å²) in [5, 5.41) is 0. The zero-order valence-electron chi connectivity index (χ0n) is 15.4. The van der Waals surface area contributed by atoms with Crippen LogP contribution in [0.3, 0.4) is 0 Å². The molecular weight excluding hydrogens is 318 g/mol. The Kier molecular flexibility index (Phi) is 6.76. The maximum Gasteiger partial charge on any atom is 0.137 e. The monoisotopic (exact) mass is 349 g/mol. The van der Waals surface area contributed by atoms with E-state index in [4.69, 9.17) is 0 Å². The average Bonchev–Trinajstić information content (AvgIpc) is 2.52. The van der Waals surface area contributed by atoms with Crippen molar-refractivity contribution in [3.8, 4) is 0 Å². The zero-order chi connectivity index (χ0) is 17.7. The van der Waals surface area contributed by atoms with Gasteiger partial charge in [-0.05, 0) is 57.9 Å². The van der Waals surface area contributed by atoms with Crippen LogP contribution in [0.2, 0.25) is 0 Å². The number of aryl methyl sites for hydroxylation is 1. The normalized spacial score (nSPS) is 24.6. The van der Waals surface area contributed by atoms with Gasteiger partial charge in [0.2, 0.25) is 0 Å². The minimum absolute atomic E-state index is 0.0197. The summed E-state index contributed by atoms with van der Waals surface area (Å²) >= 11 is 0. The fourth-order valence-electron chi connectivity index (χ4n) is 3.48. The van der Waals surface area contributed by atoms with Crippen LogP contribution in [0, 0.1) is 11.8 Å². The molecule has 0 unspecified atom stereocenters. The molecule has 0 radical (unpaired) electrons. The third-order valence-electron chi connectivity index (χ3n) is 4.90. The van der Waals surface area contributed by atoms with E-state index >= 15 is 0 Å². The van der Waals surface area contributed by atoms with Crippen molar-refractivity contribution in [2.75, 3.05) is 0 Å². The third kappa shape index (κ3) is 5.25. The number of ketones is 1. The minimum atomic E-state index is -1.16. The van der Waals surface area contributed by atoms with Crippen molar-refractivity contribution in [2.24, 2.45) is 11.8 Å². The smallest absolute Gasteiger partial charge is 0.137 e. The van der Waals surface area contributed by atoms with Crippen LogP contribution < -0.4 is 4.72 Å². The van der Waals surface area contributed by atoms with Crippen molar-refractivity contribution < 1.29 is 9.00 Å². The van der Waals surface area contributed by atoms with Gasteiger partial charge in [0, 0.05) is 18.4 Å². The van der Waals surface area contributed by atoms with E-state index in [2.05, 4.69) is 23.8 Å². The molecule has 1 saturated carbocycles. The van der Waals surface area contributed by atoms with Crippen molar-refractivity contribution in [1.82, 2.24) is 4.72 Å². The lowest BCUT2D eigenvalue weighted by Crippen LogP contribution is -2.49. The molecule has 2 rings (SSSR count). The lowest BCUT2D eigenvalue weighted by atomic mass is 9.74. The molecule has 134 valence electrons. The SMILES string of the molecule is C[C@H]1CCCC(=O)[C@@H]1[C@H](CCc1ccccc1)N[S@@](=O)C(C)(C)C. The lowest BCUT2D eigenvalue weighted by molar-refractivity contribution is -0.127. The summed E-state index contributed by atoms with van der Waals surface area (Å²) in [7, 11) is -1.16. The number of hydrogen-bond donors (Lipinski definition) is 1.